The first-order valence-corrected chi connectivity index (χ1v) is 6.97. The number of nitrogens with zero attached hydrogens (tertiary/aromatic N) is 1. The molecule has 1 aliphatic heterocycles. The number of hydrogen-bond donors (Lipinski definition) is 1. The predicted octanol–water partition coefficient (Wildman–Crippen LogP) is 3.11. The third-order valence-corrected chi connectivity index (χ3v) is 3.32. The molecule has 1 saturated heterocycles. The summed E-state index contributed by atoms with van der Waals surface area (Å²) in [5.74, 6) is 0.231. The Labute approximate surface area is 119 Å². The van der Waals surface area contributed by atoms with Crippen LogP contribution >= 0.6 is 0 Å². The van der Waals surface area contributed by atoms with Gasteiger partial charge in [-0.1, -0.05) is 45.0 Å². The second-order valence-corrected chi connectivity index (χ2v) is 5.27. The SMILES string of the molecule is CCCN1C(=O)N/C(=C/c2ccc(C(C)C)cc2)C1=O. The summed E-state index contributed by atoms with van der Waals surface area (Å²) in [5.41, 5.74) is 2.51. The molecule has 0 saturated carbocycles. The highest BCUT2D eigenvalue weighted by molar-refractivity contribution is 6.13. The zero-order valence-electron chi connectivity index (χ0n) is 12.1. The molecule has 2 rings (SSSR count). The van der Waals surface area contributed by atoms with Crippen LogP contribution in [-0.4, -0.2) is 23.4 Å². The van der Waals surface area contributed by atoms with Crippen LogP contribution in [0.2, 0.25) is 0 Å². The summed E-state index contributed by atoms with van der Waals surface area (Å²) < 4.78 is 0. The third kappa shape index (κ3) is 2.90. The molecule has 4 heteroatoms. The van der Waals surface area contributed by atoms with Gasteiger partial charge in [0.2, 0.25) is 0 Å². The van der Waals surface area contributed by atoms with Gasteiger partial charge in [-0.25, -0.2) is 4.79 Å². The van der Waals surface area contributed by atoms with Crippen LogP contribution in [0.1, 0.15) is 44.2 Å². The van der Waals surface area contributed by atoms with Gasteiger partial charge in [0, 0.05) is 6.54 Å². The molecule has 1 aliphatic rings. The summed E-state index contributed by atoms with van der Waals surface area (Å²) >= 11 is 0. The monoisotopic (exact) mass is 272 g/mol. The van der Waals surface area contributed by atoms with Gasteiger partial charge in [-0.05, 0) is 29.5 Å². The first-order chi connectivity index (χ1) is 9.52. The summed E-state index contributed by atoms with van der Waals surface area (Å²) in [6, 6.07) is 7.68. The maximum atomic E-state index is 12.1. The van der Waals surface area contributed by atoms with E-state index < -0.39 is 0 Å². The van der Waals surface area contributed by atoms with Crippen molar-refractivity contribution in [1.29, 1.82) is 0 Å². The smallest absolute Gasteiger partial charge is 0.303 e. The van der Waals surface area contributed by atoms with Crippen LogP contribution in [-0.2, 0) is 4.79 Å². The van der Waals surface area contributed by atoms with Gasteiger partial charge in [0.1, 0.15) is 5.70 Å². The number of nitrogens with one attached hydrogen (secondary N) is 1. The van der Waals surface area contributed by atoms with E-state index in [4.69, 9.17) is 0 Å². The molecule has 0 unspecified atom stereocenters. The summed E-state index contributed by atoms with van der Waals surface area (Å²) in [7, 11) is 0. The minimum Gasteiger partial charge on any atom is -0.303 e. The van der Waals surface area contributed by atoms with Gasteiger partial charge in [0.25, 0.3) is 5.91 Å². The van der Waals surface area contributed by atoms with Crippen molar-refractivity contribution in [3.63, 3.8) is 0 Å². The lowest BCUT2D eigenvalue weighted by Crippen LogP contribution is -2.31. The van der Waals surface area contributed by atoms with E-state index in [1.807, 2.05) is 31.2 Å². The van der Waals surface area contributed by atoms with Crippen LogP contribution in [0.15, 0.2) is 30.0 Å². The molecular formula is C16H20N2O2. The largest absolute Gasteiger partial charge is 0.329 e. The molecule has 0 aliphatic carbocycles. The number of amides is 3. The first-order valence-electron chi connectivity index (χ1n) is 6.97. The molecule has 3 amide bonds. The van der Waals surface area contributed by atoms with Crippen molar-refractivity contribution in [2.75, 3.05) is 6.54 Å². The van der Waals surface area contributed by atoms with E-state index in [9.17, 15) is 9.59 Å². The Morgan fingerprint density at radius 3 is 2.40 bits per heavy atom. The minimum absolute atomic E-state index is 0.246. The average Bonchev–Trinajstić information content (AvgIpc) is 2.67. The van der Waals surface area contributed by atoms with Crippen molar-refractivity contribution in [3.8, 4) is 0 Å². The Morgan fingerprint density at radius 1 is 1.20 bits per heavy atom. The van der Waals surface area contributed by atoms with E-state index in [0.717, 1.165) is 12.0 Å². The maximum Gasteiger partial charge on any atom is 0.329 e. The zero-order chi connectivity index (χ0) is 14.7. The predicted molar refractivity (Wildman–Crippen MR) is 79.0 cm³/mol. The van der Waals surface area contributed by atoms with E-state index in [-0.39, 0.29) is 11.9 Å². The molecule has 1 heterocycles. The van der Waals surface area contributed by atoms with Crippen LogP contribution in [0.25, 0.3) is 6.08 Å². The van der Waals surface area contributed by atoms with Crippen molar-refractivity contribution in [2.45, 2.75) is 33.1 Å². The Kier molecular flexibility index (Phi) is 4.23. The van der Waals surface area contributed by atoms with Crippen molar-refractivity contribution >= 4 is 18.0 Å². The second kappa shape index (κ2) is 5.90. The van der Waals surface area contributed by atoms with Crippen LogP contribution in [0.3, 0.4) is 0 Å². The number of rotatable bonds is 4. The number of carbonyl (C=O) groups is 2. The number of hydrogen-bond acceptors (Lipinski definition) is 2. The summed E-state index contributed by atoms with van der Waals surface area (Å²) in [5, 5.41) is 2.62. The summed E-state index contributed by atoms with van der Waals surface area (Å²) in [4.78, 5) is 25.0. The molecule has 0 bridgehead atoms. The summed E-state index contributed by atoms with van der Waals surface area (Å²) in [6.07, 6.45) is 2.48. The van der Waals surface area contributed by atoms with Gasteiger partial charge >= 0.3 is 6.03 Å². The number of benzene rings is 1. The van der Waals surface area contributed by atoms with Crippen molar-refractivity contribution < 1.29 is 9.59 Å². The number of carbonyl (C=O) groups excluding carboxylic acids is 2. The molecule has 1 aromatic carbocycles. The highest BCUT2D eigenvalue weighted by atomic mass is 16.2. The minimum atomic E-state index is -0.332. The molecule has 106 valence electrons. The van der Waals surface area contributed by atoms with Gasteiger partial charge < -0.3 is 5.32 Å². The fraction of sp³-hybridized carbons (Fsp3) is 0.375. The Morgan fingerprint density at radius 2 is 1.85 bits per heavy atom. The summed E-state index contributed by atoms with van der Waals surface area (Å²) in [6.45, 7) is 6.66. The van der Waals surface area contributed by atoms with Crippen LogP contribution in [0.5, 0.6) is 0 Å². The number of imide groups is 1. The van der Waals surface area contributed by atoms with Crippen molar-refractivity contribution in [1.82, 2.24) is 10.2 Å². The van der Waals surface area contributed by atoms with Crippen LogP contribution < -0.4 is 5.32 Å². The lowest BCUT2D eigenvalue weighted by Gasteiger charge is -2.08. The normalized spacial score (nSPS) is 17.2. The zero-order valence-corrected chi connectivity index (χ0v) is 12.1. The van der Waals surface area contributed by atoms with Gasteiger partial charge in [-0.15, -0.1) is 0 Å². The fourth-order valence-electron chi connectivity index (χ4n) is 2.14. The molecule has 0 aromatic heterocycles. The van der Waals surface area contributed by atoms with E-state index >= 15 is 0 Å². The molecule has 20 heavy (non-hydrogen) atoms. The lowest BCUT2D eigenvalue weighted by atomic mass is 10.0. The molecule has 1 aromatic rings. The van der Waals surface area contributed by atoms with Crippen molar-refractivity contribution in [2.24, 2.45) is 0 Å². The van der Waals surface area contributed by atoms with Gasteiger partial charge in [-0.2, -0.15) is 0 Å². The molecule has 1 N–H and O–H groups in total. The number of urea groups is 1. The lowest BCUT2D eigenvalue weighted by molar-refractivity contribution is -0.122. The molecule has 0 radical (unpaired) electrons. The fourth-order valence-corrected chi connectivity index (χ4v) is 2.14. The molecule has 0 atom stereocenters. The van der Waals surface area contributed by atoms with E-state index in [0.29, 0.717) is 18.2 Å². The maximum absolute atomic E-state index is 12.1. The van der Waals surface area contributed by atoms with E-state index in [2.05, 4.69) is 19.2 Å². The quantitative estimate of drug-likeness (QED) is 0.676. The molecule has 1 fully saturated rings. The standard InChI is InChI=1S/C16H20N2O2/c1-4-9-18-15(19)14(17-16(18)20)10-12-5-7-13(8-6-12)11(2)3/h5-8,10-11H,4,9H2,1-3H3,(H,17,20)/b14-10+. The topological polar surface area (TPSA) is 49.4 Å². The van der Waals surface area contributed by atoms with Crippen molar-refractivity contribution in [3.05, 3.63) is 41.1 Å². The highest BCUT2D eigenvalue weighted by Crippen LogP contribution is 2.18. The Hall–Kier alpha value is -2.10. The van der Waals surface area contributed by atoms with Gasteiger partial charge in [0.05, 0.1) is 0 Å². The van der Waals surface area contributed by atoms with Crippen LogP contribution in [0, 0.1) is 0 Å². The average molecular weight is 272 g/mol. The van der Waals surface area contributed by atoms with E-state index in [1.165, 1.54) is 10.5 Å². The highest BCUT2D eigenvalue weighted by Gasteiger charge is 2.32. The first kappa shape index (κ1) is 14.3. The molecule has 0 spiro atoms. The third-order valence-electron chi connectivity index (χ3n) is 3.32. The molecular weight excluding hydrogens is 252 g/mol. The Balaban J connectivity index is 2.19. The second-order valence-electron chi connectivity index (χ2n) is 5.27. The molecule has 4 nitrogen and oxygen atoms in total. The van der Waals surface area contributed by atoms with Crippen LogP contribution in [0.4, 0.5) is 4.79 Å². The van der Waals surface area contributed by atoms with Gasteiger partial charge in [0.15, 0.2) is 0 Å². The Bertz CT molecular complexity index is 544. The van der Waals surface area contributed by atoms with E-state index in [1.54, 1.807) is 6.08 Å². The van der Waals surface area contributed by atoms with Gasteiger partial charge in [-0.3, -0.25) is 9.69 Å².